The molecule has 84 valence electrons. The summed E-state index contributed by atoms with van der Waals surface area (Å²) < 4.78 is 0. The Morgan fingerprint density at radius 2 is 2.13 bits per heavy atom. The van der Waals surface area contributed by atoms with Gasteiger partial charge in [0.15, 0.2) is 0 Å². The fourth-order valence-corrected chi connectivity index (χ4v) is 1.04. The number of rotatable bonds is 4. The first kappa shape index (κ1) is 11.4. The molecular formula is C8H14N4O3. The van der Waals surface area contributed by atoms with Gasteiger partial charge in [-0.1, -0.05) is 13.8 Å². The number of aromatic amines is 2. The topological polar surface area (TPSA) is 111 Å². The van der Waals surface area contributed by atoms with Crippen molar-refractivity contribution in [3.8, 4) is 0 Å². The summed E-state index contributed by atoms with van der Waals surface area (Å²) in [4.78, 5) is 23.9. The molecule has 0 saturated heterocycles. The fourth-order valence-electron chi connectivity index (χ4n) is 1.04. The molecule has 7 heteroatoms. The Labute approximate surface area is 85.6 Å². The molecule has 1 atom stereocenters. The van der Waals surface area contributed by atoms with Gasteiger partial charge in [-0.05, 0) is 5.92 Å². The van der Waals surface area contributed by atoms with Crippen LogP contribution >= 0.6 is 0 Å². The number of aliphatic hydroxyl groups is 1. The van der Waals surface area contributed by atoms with Crippen LogP contribution in [-0.2, 0) is 0 Å². The summed E-state index contributed by atoms with van der Waals surface area (Å²) in [5.74, 6) is 0.144. The van der Waals surface area contributed by atoms with Crippen molar-refractivity contribution in [1.29, 1.82) is 0 Å². The minimum absolute atomic E-state index is 0.00218. The van der Waals surface area contributed by atoms with E-state index in [-0.39, 0.29) is 24.4 Å². The van der Waals surface area contributed by atoms with Gasteiger partial charge in [0.1, 0.15) is 0 Å². The van der Waals surface area contributed by atoms with Gasteiger partial charge in [-0.3, -0.25) is 9.78 Å². The standard InChI is InChI=1S/C8H14N4O3/c1-4(2)5(3-13)9-6-7(14)10-8(15)12-11-6/h4-5,13H,3H2,1-2H3,(H,9,11)(H2,10,12,14,15). The van der Waals surface area contributed by atoms with E-state index in [4.69, 9.17) is 5.11 Å². The second kappa shape index (κ2) is 4.74. The minimum Gasteiger partial charge on any atom is -0.394 e. The molecule has 0 aromatic carbocycles. The van der Waals surface area contributed by atoms with Crippen LogP contribution in [0, 0.1) is 5.92 Å². The molecule has 1 aromatic heterocycles. The molecule has 0 fully saturated rings. The number of anilines is 1. The molecule has 0 saturated carbocycles. The summed E-state index contributed by atoms with van der Waals surface area (Å²) in [5.41, 5.74) is -1.26. The van der Waals surface area contributed by atoms with Crippen molar-refractivity contribution in [3.63, 3.8) is 0 Å². The van der Waals surface area contributed by atoms with Crippen molar-refractivity contribution in [3.05, 3.63) is 20.8 Å². The van der Waals surface area contributed by atoms with Crippen LogP contribution in [0.3, 0.4) is 0 Å². The van der Waals surface area contributed by atoms with E-state index in [2.05, 4.69) is 15.5 Å². The number of aromatic nitrogens is 3. The van der Waals surface area contributed by atoms with E-state index in [9.17, 15) is 9.59 Å². The van der Waals surface area contributed by atoms with Gasteiger partial charge in [0.05, 0.1) is 12.6 Å². The maximum absolute atomic E-state index is 11.2. The second-order valence-electron chi connectivity index (χ2n) is 3.53. The molecule has 0 bridgehead atoms. The summed E-state index contributed by atoms with van der Waals surface area (Å²) >= 11 is 0. The highest BCUT2D eigenvalue weighted by Gasteiger charge is 2.14. The molecule has 0 radical (unpaired) electrons. The van der Waals surface area contributed by atoms with Gasteiger partial charge in [-0.2, -0.15) is 0 Å². The lowest BCUT2D eigenvalue weighted by Crippen LogP contribution is -2.35. The lowest BCUT2D eigenvalue weighted by molar-refractivity contribution is 0.249. The van der Waals surface area contributed by atoms with Gasteiger partial charge >= 0.3 is 5.69 Å². The average molecular weight is 214 g/mol. The van der Waals surface area contributed by atoms with Gasteiger partial charge in [0.25, 0.3) is 5.56 Å². The zero-order valence-corrected chi connectivity index (χ0v) is 8.57. The summed E-state index contributed by atoms with van der Waals surface area (Å²) in [6.45, 7) is 3.68. The third-order valence-electron chi connectivity index (χ3n) is 2.03. The van der Waals surface area contributed by atoms with Crippen molar-refractivity contribution >= 4 is 5.82 Å². The normalized spacial score (nSPS) is 12.8. The van der Waals surface area contributed by atoms with Crippen molar-refractivity contribution in [2.24, 2.45) is 5.92 Å². The Morgan fingerprint density at radius 3 is 2.60 bits per heavy atom. The van der Waals surface area contributed by atoms with Crippen LogP contribution in [0.1, 0.15) is 13.8 Å². The lowest BCUT2D eigenvalue weighted by atomic mass is 10.1. The number of aliphatic hydroxyl groups excluding tert-OH is 1. The predicted molar refractivity (Wildman–Crippen MR) is 54.8 cm³/mol. The summed E-state index contributed by atoms with van der Waals surface area (Å²) in [7, 11) is 0. The first-order chi connectivity index (χ1) is 7.04. The van der Waals surface area contributed by atoms with Crippen LogP contribution in [0.25, 0.3) is 0 Å². The van der Waals surface area contributed by atoms with Gasteiger partial charge in [-0.25, -0.2) is 9.89 Å². The quantitative estimate of drug-likeness (QED) is 0.507. The Morgan fingerprint density at radius 1 is 1.47 bits per heavy atom. The third-order valence-corrected chi connectivity index (χ3v) is 2.03. The van der Waals surface area contributed by atoms with Crippen LogP contribution in [0.2, 0.25) is 0 Å². The van der Waals surface area contributed by atoms with Crippen molar-refractivity contribution in [2.45, 2.75) is 19.9 Å². The van der Waals surface area contributed by atoms with E-state index in [1.54, 1.807) is 0 Å². The highest BCUT2D eigenvalue weighted by atomic mass is 16.3. The number of hydrogen-bond donors (Lipinski definition) is 4. The van der Waals surface area contributed by atoms with E-state index < -0.39 is 11.2 Å². The summed E-state index contributed by atoms with van der Waals surface area (Å²) in [6, 6.07) is -0.274. The van der Waals surface area contributed by atoms with Crippen LogP contribution in [0.5, 0.6) is 0 Å². The monoisotopic (exact) mass is 214 g/mol. The first-order valence-corrected chi connectivity index (χ1v) is 4.61. The minimum atomic E-state index is -0.657. The Kier molecular flexibility index (Phi) is 3.62. The predicted octanol–water partition coefficient (Wildman–Crippen LogP) is -1.11. The molecule has 15 heavy (non-hydrogen) atoms. The van der Waals surface area contributed by atoms with E-state index in [0.717, 1.165) is 0 Å². The molecule has 0 aliphatic carbocycles. The second-order valence-corrected chi connectivity index (χ2v) is 3.53. The smallest absolute Gasteiger partial charge is 0.342 e. The number of hydrogen-bond acceptors (Lipinski definition) is 5. The molecule has 1 rings (SSSR count). The van der Waals surface area contributed by atoms with E-state index in [1.807, 2.05) is 18.8 Å². The number of nitrogens with one attached hydrogen (secondary N) is 3. The fraction of sp³-hybridized carbons (Fsp3) is 0.625. The first-order valence-electron chi connectivity index (χ1n) is 4.61. The zero-order valence-electron chi connectivity index (χ0n) is 8.57. The maximum atomic E-state index is 11.2. The molecule has 1 heterocycles. The number of nitrogens with zero attached hydrogens (tertiary/aromatic N) is 1. The highest BCUT2D eigenvalue weighted by molar-refractivity contribution is 5.30. The van der Waals surface area contributed by atoms with Crippen LogP contribution < -0.4 is 16.6 Å². The molecule has 1 aromatic rings. The SMILES string of the molecule is CC(C)C(CO)Nc1n[nH]c(=O)[nH]c1=O. The van der Waals surface area contributed by atoms with Crippen LogP contribution in [0.4, 0.5) is 5.82 Å². The van der Waals surface area contributed by atoms with Crippen molar-refractivity contribution in [2.75, 3.05) is 11.9 Å². The molecular weight excluding hydrogens is 200 g/mol. The largest absolute Gasteiger partial charge is 0.394 e. The highest BCUT2D eigenvalue weighted by Crippen LogP contribution is 2.04. The molecule has 0 amide bonds. The van der Waals surface area contributed by atoms with E-state index in [0.29, 0.717) is 0 Å². The Bertz CT molecular complexity index is 422. The molecule has 7 nitrogen and oxygen atoms in total. The zero-order chi connectivity index (χ0) is 11.4. The summed E-state index contributed by atoms with van der Waals surface area (Å²) in [6.07, 6.45) is 0. The van der Waals surface area contributed by atoms with Gasteiger partial charge < -0.3 is 10.4 Å². The van der Waals surface area contributed by atoms with Gasteiger partial charge in [-0.15, -0.1) is 5.10 Å². The van der Waals surface area contributed by atoms with Crippen molar-refractivity contribution in [1.82, 2.24) is 15.2 Å². The van der Waals surface area contributed by atoms with Crippen LogP contribution in [0.15, 0.2) is 9.59 Å². The molecule has 1 unspecified atom stereocenters. The molecule has 4 N–H and O–H groups in total. The van der Waals surface area contributed by atoms with Crippen LogP contribution in [-0.4, -0.2) is 32.9 Å². The molecule has 0 aliphatic rings. The Balaban J connectivity index is 2.89. The molecule has 0 aliphatic heterocycles. The maximum Gasteiger partial charge on any atom is 0.342 e. The lowest BCUT2D eigenvalue weighted by Gasteiger charge is -2.19. The summed E-state index contributed by atoms with van der Waals surface area (Å²) in [5, 5.41) is 17.4. The van der Waals surface area contributed by atoms with E-state index in [1.165, 1.54) is 0 Å². The van der Waals surface area contributed by atoms with Gasteiger partial charge in [0.2, 0.25) is 5.82 Å². The Hall–Kier alpha value is -1.63. The van der Waals surface area contributed by atoms with E-state index >= 15 is 0 Å². The average Bonchev–Trinajstić information content (AvgIpc) is 2.16. The van der Waals surface area contributed by atoms with Crippen molar-refractivity contribution < 1.29 is 5.11 Å². The third kappa shape index (κ3) is 2.91. The number of H-pyrrole nitrogens is 2. The molecule has 0 spiro atoms. The van der Waals surface area contributed by atoms with Gasteiger partial charge in [0, 0.05) is 0 Å².